The first-order chi connectivity index (χ1) is 3.89. The van der Waals surface area contributed by atoms with Crippen LogP contribution in [0.3, 0.4) is 0 Å². The summed E-state index contributed by atoms with van der Waals surface area (Å²) < 4.78 is 0. The van der Waals surface area contributed by atoms with Gasteiger partial charge in [0.15, 0.2) is 5.84 Å². The Labute approximate surface area is 49.0 Å². The van der Waals surface area contributed by atoms with Crippen molar-refractivity contribution in [3.05, 3.63) is 6.57 Å². The van der Waals surface area contributed by atoms with Crippen LogP contribution in [-0.4, -0.2) is 18.9 Å². The molecule has 1 heterocycles. The topological polar surface area (TPSA) is 52.8 Å². The molecule has 1 aliphatic rings. The van der Waals surface area contributed by atoms with E-state index in [0.717, 1.165) is 13.1 Å². The van der Waals surface area contributed by atoms with Gasteiger partial charge in [-0.3, -0.25) is 0 Å². The zero-order valence-corrected chi connectivity index (χ0v) is 4.89. The summed E-state index contributed by atoms with van der Waals surface area (Å²) in [7, 11) is 0. The van der Waals surface area contributed by atoms with E-state index in [0.29, 0.717) is 0 Å². The van der Waals surface area contributed by atoms with Crippen molar-refractivity contribution in [1.82, 2.24) is 0 Å². The van der Waals surface area contributed by atoms with Gasteiger partial charge in [0.1, 0.15) is 6.54 Å². The lowest BCUT2D eigenvalue weighted by Gasteiger charge is -1.78. The molecule has 0 spiro atoms. The number of rotatable bonds is 0. The fourth-order valence-corrected chi connectivity index (χ4v) is 0.579. The summed E-state index contributed by atoms with van der Waals surface area (Å²) >= 11 is 0. The molecule has 0 unspecified atom stereocenters. The number of hydrogen-bond donors (Lipinski definition) is 1. The predicted molar refractivity (Wildman–Crippen MR) is 29.7 cm³/mol. The Bertz CT molecular complexity index is 103. The lowest BCUT2D eigenvalue weighted by atomic mass is 10.7. The third-order valence-corrected chi connectivity index (χ3v) is 0.930. The van der Waals surface area contributed by atoms with Crippen molar-refractivity contribution in [2.75, 3.05) is 13.1 Å². The van der Waals surface area contributed by atoms with E-state index in [-0.39, 0.29) is 0 Å². The van der Waals surface area contributed by atoms with Crippen LogP contribution < -0.4 is 5.32 Å². The van der Waals surface area contributed by atoms with Crippen LogP contribution in [0, 0.1) is 11.8 Å². The van der Waals surface area contributed by atoms with Crippen LogP contribution in [0.2, 0.25) is 0 Å². The van der Waals surface area contributed by atoms with Gasteiger partial charge in [0, 0.05) is 6.92 Å². The molecule has 8 heavy (non-hydrogen) atoms. The molecule has 2 N–H and O–H groups in total. The second-order valence-electron chi connectivity index (χ2n) is 1.52. The van der Waals surface area contributed by atoms with Gasteiger partial charge in [-0.25, -0.2) is 4.99 Å². The Kier molecular flexibility index (Phi) is 3.81. The largest absolute Gasteiger partial charge is 0.512 e. The van der Waals surface area contributed by atoms with Gasteiger partial charge in [0.05, 0.1) is 6.54 Å². The zero-order chi connectivity index (χ0) is 6.41. The van der Waals surface area contributed by atoms with E-state index in [2.05, 4.69) is 10.3 Å². The number of nitrogens with two attached hydrogens (primary N) is 1. The standard InChI is InChI=1S/C4H8N2.CN/c1-4-5-2-3-6-4;1-2/h2-3H2,1H3,(H,5,6);/q;-1/p+1. The van der Waals surface area contributed by atoms with Crippen molar-refractivity contribution >= 4 is 5.84 Å². The molecule has 0 fully saturated rings. The minimum Gasteiger partial charge on any atom is -0.512 e. The fourth-order valence-electron chi connectivity index (χ4n) is 0.579. The molecule has 0 bridgehead atoms. The Balaban J connectivity index is 0.000000222. The highest BCUT2D eigenvalue weighted by Gasteiger charge is 2.00. The summed E-state index contributed by atoms with van der Waals surface area (Å²) in [6.45, 7) is 8.96. The average Bonchev–Trinajstić information content (AvgIpc) is 2.24. The minimum absolute atomic E-state index is 1.02. The van der Waals surface area contributed by atoms with Crippen molar-refractivity contribution in [3.63, 3.8) is 0 Å². The van der Waals surface area contributed by atoms with Gasteiger partial charge in [-0.15, -0.1) is 0 Å². The summed E-state index contributed by atoms with van der Waals surface area (Å²) in [6.07, 6.45) is 0. The molecule has 3 heteroatoms. The fraction of sp³-hybridized carbons (Fsp3) is 0.600. The smallest absolute Gasteiger partial charge is 0.191 e. The van der Waals surface area contributed by atoms with E-state index < -0.39 is 0 Å². The number of amidine groups is 1. The SMILES string of the molecule is CC1=NCC[NH2+]1.[C-]#N. The first-order valence-electron chi connectivity index (χ1n) is 2.46. The molecule has 0 atom stereocenters. The Morgan fingerprint density at radius 3 is 2.50 bits per heavy atom. The second-order valence-corrected chi connectivity index (χ2v) is 1.52. The van der Waals surface area contributed by atoms with Crippen LogP contribution in [-0.2, 0) is 0 Å². The number of hydrogen-bond acceptors (Lipinski definition) is 2. The van der Waals surface area contributed by atoms with Crippen molar-refractivity contribution < 1.29 is 5.32 Å². The van der Waals surface area contributed by atoms with E-state index in [1.807, 2.05) is 6.92 Å². The molecule has 1 aliphatic heterocycles. The molecule has 0 aromatic heterocycles. The molecule has 3 nitrogen and oxygen atoms in total. The van der Waals surface area contributed by atoms with Crippen molar-refractivity contribution in [2.45, 2.75) is 6.92 Å². The lowest BCUT2D eigenvalue weighted by Crippen LogP contribution is -2.85. The van der Waals surface area contributed by atoms with Crippen molar-refractivity contribution in [3.8, 4) is 0 Å². The maximum absolute atomic E-state index is 6.25. The molecule has 0 aromatic rings. The summed E-state index contributed by atoms with van der Waals surface area (Å²) in [4.78, 5) is 4.10. The van der Waals surface area contributed by atoms with Crippen LogP contribution >= 0.6 is 0 Å². The summed E-state index contributed by atoms with van der Waals surface area (Å²) in [5, 5.41) is 8.40. The summed E-state index contributed by atoms with van der Waals surface area (Å²) in [6, 6.07) is 0. The third kappa shape index (κ3) is 2.32. The molecule has 0 saturated heterocycles. The number of quaternary nitrogens is 1. The van der Waals surface area contributed by atoms with E-state index in [4.69, 9.17) is 11.8 Å². The van der Waals surface area contributed by atoms with Gasteiger partial charge < -0.3 is 17.2 Å². The van der Waals surface area contributed by atoms with Crippen LogP contribution in [0.15, 0.2) is 4.99 Å². The first kappa shape index (κ1) is 7.12. The monoisotopic (exact) mass is 111 g/mol. The van der Waals surface area contributed by atoms with Gasteiger partial charge in [-0.2, -0.15) is 0 Å². The molecular formula is C5H9N3. The molecular weight excluding hydrogens is 102 g/mol. The van der Waals surface area contributed by atoms with Gasteiger partial charge in [0.2, 0.25) is 0 Å². The van der Waals surface area contributed by atoms with E-state index in [1.54, 1.807) is 0 Å². The maximum Gasteiger partial charge on any atom is 0.191 e. The van der Waals surface area contributed by atoms with E-state index in [9.17, 15) is 0 Å². The van der Waals surface area contributed by atoms with Crippen molar-refractivity contribution in [1.29, 1.82) is 5.26 Å². The second kappa shape index (κ2) is 4.28. The highest BCUT2D eigenvalue weighted by atomic mass is 15.0. The Hall–Kier alpha value is -0.880. The van der Waals surface area contributed by atoms with Crippen molar-refractivity contribution in [2.24, 2.45) is 4.99 Å². The molecule has 1 rings (SSSR count). The molecule has 0 aliphatic carbocycles. The summed E-state index contributed by atoms with van der Waals surface area (Å²) in [5.41, 5.74) is 0. The summed E-state index contributed by atoms with van der Waals surface area (Å²) in [5.74, 6) is 1.20. The van der Waals surface area contributed by atoms with Gasteiger partial charge in [-0.1, -0.05) is 0 Å². The van der Waals surface area contributed by atoms with Crippen LogP contribution in [0.4, 0.5) is 0 Å². The minimum atomic E-state index is 1.02. The third-order valence-electron chi connectivity index (χ3n) is 0.930. The van der Waals surface area contributed by atoms with Gasteiger partial charge in [-0.05, 0) is 0 Å². The Morgan fingerprint density at radius 1 is 1.75 bits per heavy atom. The maximum atomic E-state index is 6.25. The van der Waals surface area contributed by atoms with Crippen LogP contribution in [0.5, 0.6) is 0 Å². The van der Waals surface area contributed by atoms with Crippen LogP contribution in [0.1, 0.15) is 6.92 Å². The Morgan fingerprint density at radius 2 is 2.38 bits per heavy atom. The van der Waals surface area contributed by atoms with E-state index in [1.165, 1.54) is 5.84 Å². The molecule has 0 aromatic carbocycles. The average molecular weight is 111 g/mol. The molecule has 0 saturated carbocycles. The highest BCUT2D eigenvalue weighted by molar-refractivity contribution is 5.70. The lowest BCUT2D eigenvalue weighted by molar-refractivity contribution is -0.528. The predicted octanol–water partition coefficient (Wildman–Crippen LogP) is -0.922. The normalized spacial score (nSPS) is 16.1. The van der Waals surface area contributed by atoms with Gasteiger partial charge in [0.25, 0.3) is 0 Å². The molecule has 0 radical (unpaired) electrons. The first-order valence-corrected chi connectivity index (χ1v) is 2.46. The molecule has 0 amide bonds. The number of nitrogens with zero attached hydrogens (tertiary/aromatic N) is 2. The van der Waals surface area contributed by atoms with Crippen LogP contribution in [0.25, 0.3) is 0 Å². The van der Waals surface area contributed by atoms with E-state index >= 15 is 0 Å². The van der Waals surface area contributed by atoms with Gasteiger partial charge >= 0.3 is 0 Å². The molecule has 44 valence electrons. The number of aliphatic imine (C=N–C) groups is 1. The zero-order valence-electron chi connectivity index (χ0n) is 4.89. The highest BCUT2D eigenvalue weighted by Crippen LogP contribution is 1.69. The quantitative estimate of drug-likeness (QED) is 0.404.